The van der Waals surface area contributed by atoms with Crippen LogP contribution >= 0.6 is 0 Å². The second-order valence-electron chi connectivity index (χ2n) is 16.1. The van der Waals surface area contributed by atoms with E-state index in [4.69, 9.17) is 24.3 Å². The largest absolute Gasteiger partial charge is 0.385 e. The molecule has 1 N–H and O–H groups in total. The fourth-order valence-electron chi connectivity index (χ4n) is 8.23. The van der Waals surface area contributed by atoms with Crippen molar-refractivity contribution in [3.8, 4) is 5.82 Å². The molecule has 0 spiro atoms. The first-order chi connectivity index (χ1) is 24.1. The van der Waals surface area contributed by atoms with Gasteiger partial charge in [0.2, 0.25) is 0 Å². The molecule has 50 heavy (non-hydrogen) atoms. The summed E-state index contributed by atoms with van der Waals surface area (Å²) in [7, 11) is 0.948. The van der Waals surface area contributed by atoms with E-state index < -0.39 is 13.7 Å². The third-order valence-electron chi connectivity index (χ3n) is 10.9. The molecule has 3 aromatic heterocycles. The Bertz CT molecular complexity index is 1710. The van der Waals surface area contributed by atoms with Gasteiger partial charge in [0.05, 0.1) is 50.0 Å². The molecular formula is C38H55N7O4Si. The van der Waals surface area contributed by atoms with Gasteiger partial charge in [-0.25, -0.2) is 9.67 Å². The molecule has 4 aromatic rings. The smallest absolute Gasteiger partial charge is 0.167 e. The van der Waals surface area contributed by atoms with E-state index in [0.29, 0.717) is 57.8 Å². The van der Waals surface area contributed by atoms with Gasteiger partial charge in [0.25, 0.3) is 0 Å². The summed E-state index contributed by atoms with van der Waals surface area (Å²) >= 11 is 0. The summed E-state index contributed by atoms with van der Waals surface area (Å²) in [4.78, 5) is 9.86. The number of aliphatic hydroxyl groups is 1. The molecule has 4 heterocycles. The van der Waals surface area contributed by atoms with Gasteiger partial charge in [-0.1, -0.05) is 50.0 Å². The number of hydrogen-bond donors (Lipinski definition) is 1. The van der Waals surface area contributed by atoms with Crippen molar-refractivity contribution < 1.29 is 19.3 Å². The van der Waals surface area contributed by atoms with Crippen molar-refractivity contribution in [3.05, 3.63) is 66.0 Å². The van der Waals surface area contributed by atoms with Crippen LogP contribution in [0, 0.1) is 11.8 Å². The highest BCUT2D eigenvalue weighted by Crippen LogP contribution is 2.53. The van der Waals surface area contributed by atoms with Gasteiger partial charge in [0, 0.05) is 45.8 Å². The van der Waals surface area contributed by atoms with Crippen LogP contribution in [0.3, 0.4) is 0 Å². The number of likely N-dealkylation sites (N-methyl/N-ethyl adjacent to an activating group) is 1. The molecular weight excluding hydrogens is 647 g/mol. The number of hydrogen-bond acceptors (Lipinski definition) is 9. The highest BCUT2D eigenvalue weighted by atomic mass is 28.3. The van der Waals surface area contributed by atoms with Crippen molar-refractivity contribution in [1.82, 2.24) is 29.4 Å². The molecule has 3 fully saturated rings. The Morgan fingerprint density at radius 3 is 2.58 bits per heavy atom. The molecule has 12 heteroatoms. The van der Waals surface area contributed by atoms with Gasteiger partial charge in [-0.2, -0.15) is 14.9 Å². The fourth-order valence-corrected chi connectivity index (χ4v) is 8.99. The molecule has 0 amide bonds. The summed E-state index contributed by atoms with van der Waals surface area (Å²) in [6, 6.07) is 15.9. The topological polar surface area (TPSA) is 103 Å². The average Bonchev–Trinajstić information content (AvgIpc) is 3.79. The van der Waals surface area contributed by atoms with Crippen molar-refractivity contribution in [3.63, 3.8) is 0 Å². The lowest BCUT2D eigenvalue weighted by Crippen LogP contribution is -2.45. The SMILES string of the molecule is C[C@@H]1COCCN1c1cc(C2(O)CC3CCC(C2)C3OCCN(C)Cc2ccccc2)c2cnn(-c3ccnn3COCC[Si](C)(C)C)c2n1. The van der Waals surface area contributed by atoms with E-state index in [9.17, 15) is 5.11 Å². The number of pyridine rings is 1. The number of nitrogens with zero attached hydrogens (tertiary/aromatic N) is 7. The van der Waals surface area contributed by atoms with E-state index in [-0.39, 0.29) is 12.1 Å². The number of aromatic nitrogens is 5. The summed E-state index contributed by atoms with van der Waals surface area (Å²) in [5, 5.41) is 23.0. The molecule has 2 unspecified atom stereocenters. The van der Waals surface area contributed by atoms with Crippen LogP contribution in [0.15, 0.2) is 54.9 Å². The first-order valence-corrected chi connectivity index (χ1v) is 22.2. The normalized spacial score (nSPS) is 25.6. The zero-order valence-corrected chi connectivity index (χ0v) is 31.5. The minimum atomic E-state index is -1.21. The number of benzene rings is 1. The summed E-state index contributed by atoms with van der Waals surface area (Å²) in [5.41, 5.74) is 1.94. The summed E-state index contributed by atoms with van der Waals surface area (Å²) < 4.78 is 22.2. The molecule has 1 aliphatic heterocycles. The Labute approximate surface area is 297 Å². The van der Waals surface area contributed by atoms with Crippen LogP contribution in [0.5, 0.6) is 0 Å². The number of morpholine rings is 1. The predicted molar refractivity (Wildman–Crippen MR) is 198 cm³/mol. The summed E-state index contributed by atoms with van der Waals surface area (Å²) in [6.07, 6.45) is 7.32. The standard InChI is InChI=1S/C38H55N7O4Si/c1-28-26-47-17-16-43(28)34-21-33(32-24-40-45(37(32)41-34)35-13-14-39-44(35)27-48-19-20-50(3,4)5)38(46)22-30-11-12-31(23-38)36(30)49-18-15-42(2)25-29-9-7-6-8-10-29/h6-10,13-14,21,24,28,30-31,36,46H,11-12,15-20,22-23,25-27H2,1-5H3/t28-,30?,31?,36?,38?/m1/s1. The van der Waals surface area contributed by atoms with Gasteiger partial charge < -0.3 is 24.2 Å². The van der Waals surface area contributed by atoms with Gasteiger partial charge in [0.15, 0.2) is 11.5 Å². The molecule has 270 valence electrons. The first kappa shape index (κ1) is 35.3. The van der Waals surface area contributed by atoms with Gasteiger partial charge >= 0.3 is 0 Å². The average molecular weight is 702 g/mol. The van der Waals surface area contributed by atoms with Crippen molar-refractivity contribution >= 4 is 24.9 Å². The van der Waals surface area contributed by atoms with E-state index in [1.165, 1.54) is 5.56 Å². The van der Waals surface area contributed by atoms with E-state index in [1.54, 1.807) is 6.20 Å². The molecule has 1 saturated heterocycles. The monoisotopic (exact) mass is 701 g/mol. The quantitative estimate of drug-likeness (QED) is 0.132. The summed E-state index contributed by atoms with van der Waals surface area (Å²) in [5.74, 6) is 2.25. The molecule has 2 aliphatic carbocycles. The van der Waals surface area contributed by atoms with Gasteiger partial charge in [-0.15, -0.1) is 0 Å². The molecule has 7 rings (SSSR count). The number of rotatable bonds is 14. The lowest BCUT2D eigenvalue weighted by Gasteiger charge is -2.42. The van der Waals surface area contributed by atoms with Crippen LogP contribution in [0.25, 0.3) is 16.9 Å². The van der Waals surface area contributed by atoms with Gasteiger partial charge in [0.1, 0.15) is 12.5 Å². The number of anilines is 1. The van der Waals surface area contributed by atoms with Crippen LogP contribution in [0.2, 0.25) is 25.7 Å². The van der Waals surface area contributed by atoms with Crippen molar-refractivity contribution in [1.29, 1.82) is 0 Å². The van der Waals surface area contributed by atoms with E-state index in [2.05, 4.69) is 84.9 Å². The second kappa shape index (κ2) is 14.8. The second-order valence-corrected chi connectivity index (χ2v) is 21.7. The Hall–Kier alpha value is -3.13. The zero-order chi connectivity index (χ0) is 34.9. The third kappa shape index (κ3) is 7.70. The maximum Gasteiger partial charge on any atom is 0.167 e. The Morgan fingerprint density at radius 2 is 1.84 bits per heavy atom. The Kier molecular flexibility index (Phi) is 10.5. The Morgan fingerprint density at radius 1 is 1.06 bits per heavy atom. The minimum absolute atomic E-state index is 0.165. The highest BCUT2D eigenvalue weighted by Gasteiger charge is 2.51. The molecule has 2 saturated carbocycles. The lowest BCUT2D eigenvalue weighted by atomic mass is 9.72. The van der Waals surface area contributed by atoms with Crippen molar-refractivity contribution in [2.45, 2.75) is 89.3 Å². The number of fused-ring (bicyclic) bond motifs is 3. The van der Waals surface area contributed by atoms with Crippen LogP contribution in [0.4, 0.5) is 5.82 Å². The minimum Gasteiger partial charge on any atom is -0.385 e. The van der Waals surface area contributed by atoms with Crippen LogP contribution in [-0.2, 0) is 33.1 Å². The van der Waals surface area contributed by atoms with E-state index >= 15 is 0 Å². The molecule has 2 bridgehead atoms. The third-order valence-corrected chi connectivity index (χ3v) is 12.6. The fraction of sp³-hybridized carbons (Fsp3) is 0.605. The zero-order valence-electron chi connectivity index (χ0n) is 30.5. The molecule has 3 aliphatic rings. The molecule has 3 atom stereocenters. The predicted octanol–water partition coefficient (Wildman–Crippen LogP) is 5.68. The maximum absolute atomic E-state index is 12.7. The lowest BCUT2D eigenvalue weighted by molar-refractivity contribution is -0.102. The Balaban J connectivity index is 1.13. The van der Waals surface area contributed by atoms with Crippen LogP contribution in [-0.4, -0.2) is 101 Å². The van der Waals surface area contributed by atoms with E-state index in [0.717, 1.165) is 66.8 Å². The molecule has 11 nitrogen and oxygen atoms in total. The van der Waals surface area contributed by atoms with Crippen molar-refractivity contribution in [2.75, 3.05) is 51.5 Å². The maximum atomic E-state index is 12.7. The van der Waals surface area contributed by atoms with E-state index in [1.807, 2.05) is 21.6 Å². The molecule has 0 radical (unpaired) electrons. The van der Waals surface area contributed by atoms with Gasteiger partial charge in [-0.05, 0) is 74.7 Å². The number of ether oxygens (including phenoxy) is 3. The molecule has 1 aromatic carbocycles. The summed E-state index contributed by atoms with van der Waals surface area (Å²) in [6.45, 7) is 14.8. The van der Waals surface area contributed by atoms with Crippen LogP contribution < -0.4 is 4.90 Å². The van der Waals surface area contributed by atoms with Crippen LogP contribution in [0.1, 0.15) is 43.7 Å². The first-order valence-electron chi connectivity index (χ1n) is 18.5. The highest BCUT2D eigenvalue weighted by molar-refractivity contribution is 6.76. The van der Waals surface area contributed by atoms with Gasteiger partial charge in [-0.3, -0.25) is 4.90 Å². The van der Waals surface area contributed by atoms with Crippen molar-refractivity contribution in [2.24, 2.45) is 11.8 Å².